The summed E-state index contributed by atoms with van der Waals surface area (Å²) in [6.45, 7) is 4.87. The van der Waals surface area contributed by atoms with Crippen LogP contribution in [-0.2, 0) is 9.59 Å². The number of likely N-dealkylation sites (tertiary alicyclic amines) is 1. The van der Waals surface area contributed by atoms with Gasteiger partial charge in [0, 0.05) is 31.6 Å². The average molecular weight is 296 g/mol. The Labute approximate surface area is 127 Å². The summed E-state index contributed by atoms with van der Waals surface area (Å²) in [6, 6.07) is 0.431. The Bertz CT molecular complexity index is 378. The molecule has 0 aromatic heterocycles. The van der Waals surface area contributed by atoms with E-state index in [1.807, 2.05) is 18.7 Å². The zero-order valence-electron chi connectivity index (χ0n) is 13.3. The second-order valence-corrected chi connectivity index (χ2v) is 6.57. The fourth-order valence-electron chi connectivity index (χ4n) is 3.61. The molecule has 1 heterocycles. The van der Waals surface area contributed by atoms with E-state index < -0.39 is 0 Å². The van der Waals surface area contributed by atoms with Crippen molar-refractivity contribution in [1.82, 2.24) is 9.80 Å². The molecule has 1 aliphatic heterocycles. The second-order valence-electron chi connectivity index (χ2n) is 6.57. The van der Waals surface area contributed by atoms with E-state index in [0.29, 0.717) is 32.0 Å². The van der Waals surface area contributed by atoms with Crippen LogP contribution in [0.15, 0.2) is 0 Å². The van der Waals surface area contributed by atoms with Gasteiger partial charge >= 0.3 is 0 Å². The summed E-state index contributed by atoms with van der Waals surface area (Å²) in [4.78, 5) is 28.5. The number of hydrogen-bond acceptors (Lipinski definition) is 3. The van der Waals surface area contributed by atoms with Gasteiger partial charge in [0.1, 0.15) is 0 Å². The molecule has 2 amide bonds. The van der Waals surface area contributed by atoms with Crippen LogP contribution in [-0.4, -0.2) is 58.5 Å². The van der Waals surface area contributed by atoms with Gasteiger partial charge < -0.3 is 14.9 Å². The summed E-state index contributed by atoms with van der Waals surface area (Å²) < 4.78 is 0. The van der Waals surface area contributed by atoms with Crippen LogP contribution in [0.2, 0.25) is 0 Å². The largest absolute Gasteiger partial charge is 0.395 e. The Morgan fingerprint density at radius 2 is 2.00 bits per heavy atom. The molecular formula is C16H28N2O3. The maximum atomic E-state index is 12.7. The Hall–Kier alpha value is -1.10. The number of piperidine rings is 1. The summed E-state index contributed by atoms with van der Waals surface area (Å²) in [6.07, 6.45) is 5.67. The maximum Gasteiger partial charge on any atom is 0.227 e. The summed E-state index contributed by atoms with van der Waals surface area (Å²) in [5, 5.41) is 9.14. The van der Waals surface area contributed by atoms with Crippen LogP contribution in [0.25, 0.3) is 0 Å². The van der Waals surface area contributed by atoms with Crippen molar-refractivity contribution in [2.75, 3.05) is 19.7 Å². The van der Waals surface area contributed by atoms with Crippen LogP contribution in [0.1, 0.15) is 52.4 Å². The lowest BCUT2D eigenvalue weighted by Crippen LogP contribution is -2.51. The fourth-order valence-corrected chi connectivity index (χ4v) is 3.61. The second kappa shape index (κ2) is 7.25. The zero-order valence-corrected chi connectivity index (χ0v) is 13.3. The molecule has 1 saturated heterocycles. The number of hydrogen-bond donors (Lipinski definition) is 1. The molecule has 0 aromatic carbocycles. The van der Waals surface area contributed by atoms with Gasteiger partial charge in [-0.25, -0.2) is 0 Å². The van der Waals surface area contributed by atoms with Gasteiger partial charge in [-0.3, -0.25) is 9.59 Å². The van der Waals surface area contributed by atoms with Crippen LogP contribution < -0.4 is 0 Å². The van der Waals surface area contributed by atoms with Gasteiger partial charge in [-0.15, -0.1) is 0 Å². The summed E-state index contributed by atoms with van der Waals surface area (Å²) >= 11 is 0. The van der Waals surface area contributed by atoms with Crippen LogP contribution in [0.4, 0.5) is 0 Å². The van der Waals surface area contributed by atoms with Crippen LogP contribution in [0.5, 0.6) is 0 Å². The monoisotopic (exact) mass is 296 g/mol. The minimum Gasteiger partial charge on any atom is -0.395 e. The minimum atomic E-state index is -0.0998. The van der Waals surface area contributed by atoms with Crippen LogP contribution >= 0.6 is 0 Å². The molecular weight excluding hydrogens is 268 g/mol. The Kier molecular flexibility index (Phi) is 5.62. The first kappa shape index (κ1) is 16.3. The van der Waals surface area contributed by atoms with Crippen LogP contribution in [0.3, 0.4) is 0 Å². The highest BCUT2D eigenvalue weighted by Crippen LogP contribution is 2.29. The third kappa shape index (κ3) is 3.76. The van der Waals surface area contributed by atoms with Gasteiger partial charge in [0.05, 0.1) is 12.5 Å². The molecule has 1 unspecified atom stereocenters. The number of amides is 2. The van der Waals surface area contributed by atoms with Crippen molar-refractivity contribution >= 4 is 11.8 Å². The molecule has 2 aliphatic rings. The number of nitrogens with zero attached hydrogens (tertiary/aromatic N) is 2. The van der Waals surface area contributed by atoms with Crippen LogP contribution in [0, 0.1) is 5.92 Å². The molecule has 120 valence electrons. The third-order valence-corrected chi connectivity index (χ3v) is 4.81. The molecule has 0 aromatic rings. The van der Waals surface area contributed by atoms with Gasteiger partial charge in [0.25, 0.3) is 0 Å². The van der Waals surface area contributed by atoms with E-state index in [9.17, 15) is 9.59 Å². The van der Waals surface area contributed by atoms with Crippen molar-refractivity contribution in [3.63, 3.8) is 0 Å². The summed E-state index contributed by atoms with van der Waals surface area (Å²) in [7, 11) is 0. The molecule has 0 radical (unpaired) electrons. The third-order valence-electron chi connectivity index (χ3n) is 4.81. The molecule has 1 N–H and O–H groups in total. The van der Waals surface area contributed by atoms with Crippen molar-refractivity contribution in [1.29, 1.82) is 0 Å². The minimum absolute atomic E-state index is 0.0120. The first-order valence-corrected chi connectivity index (χ1v) is 8.25. The van der Waals surface area contributed by atoms with Crippen molar-refractivity contribution in [2.45, 2.75) is 64.5 Å². The first-order valence-electron chi connectivity index (χ1n) is 8.25. The Morgan fingerprint density at radius 1 is 1.33 bits per heavy atom. The molecule has 5 nitrogen and oxygen atoms in total. The smallest absolute Gasteiger partial charge is 0.227 e. The molecule has 2 rings (SSSR count). The van der Waals surface area contributed by atoms with E-state index >= 15 is 0 Å². The zero-order chi connectivity index (χ0) is 15.4. The van der Waals surface area contributed by atoms with Crippen molar-refractivity contribution in [2.24, 2.45) is 5.92 Å². The van der Waals surface area contributed by atoms with Gasteiger partial charge in [-0.1, -0.05) is 12.8 Å². The van der Waals surface area contributed by atoms with Crippen molar-refractivity contribution in [3.05, 3.63) is 0 Å². The lowest BCUT2D eigenvalue weighted by atomic mass is 9.94. The first-order chi connectivity index (χ1) is 10.0. The van der Waals surface area contributed by atoms with E-state index in [4.69, 9.17) is 5.11 Å². The quantitative estimate of drug-likeness (QED) is 0.834. The highest BCUT2D eigenvalue weighted by Gasteiger charge is 2.36. The number of carbonyl (C=O) groups is 2. The highest BCUT2D eigenvalue weighted by molar-refractivity contribution is 5.84. The summed E-state index contributed by atoms with van der Waals surface area (Å²) in [5.74, 6) is 0.205. The molecule has 1 atom stereocenters. The standard InChI is InChI=1S/C16H28N2O3/c1-12(2)17(9-10-19)16(21)13-7-8-15(20)18(11-13)14-5-3-4-6-14/h12-14,19H,3-11H2,1-2H3. The molecule has 5 heteroatoms. The lowest BCUT2D eigenvalue weighted by Gasteiger charge is -2.38. The lowest BCUT2D eigenvalue weighted by molar-refractivity contribution is -0.146. The topological polar surface area (TPSA) is 60.9 Å². The predicted molar refractivity (Wildman–Crippen MR) is 80.6 cm³/mol. The Morgan fingerprint density at radius 3 is 2.57 bits per heavy atom. The van der Waals surface area contributed by atoms with Gasteiger partial charge in [0.15, 0.2) is 0 Å². The van der Waals surface area contributed by atoms with Gasteiger partial charge in [0.2, 0.25) is 11.8 Å². The van der Waals surface area contributed by atoms with Crippen molar-refractivity contribution < 1.29 is 14.7 Å². The molecule has 1 saturated carbocycles. The number of aliphatic hydroxyl groups is 1. The summed E-state index contributed by atoms with van der Waals surface area (Å²) in [5.41, 5.74) is 0. The Balaban J connectivity index is 2.02. The van der Waals surface area contributed by atoms with Crippen molar-refractivity contribution in [3.8, 4) is 0 Å². The van der Waals surface area contributed by atoms with E-state index in [1.165, 1.54) is 12.8 Å². The molecule has 0 spiro atoms. The molecule has 1 aliphatic carbocycles. The predicted octanol–water partition coefficient (Wildman–Crippen LogP) is 1.40. The van der Waals surface area contributed by atoms with Gasteiger partial charge in [-0.05, 0) is 33.1 Å². The molecule has 2 fully saturated rings. The van der Waals surface area contributed by atoms with E-state index in [2.05, 4.69) is 0 Å². The van der Waals surface area contributed by atoms with E-state index in [-0.39, 0.29) is 30.4 Å². The average Bonchev–Trinajstić information content (AvgIpc) is 2.98. The number of aliphatic hydroxyl groups excluding tert-OH is 1. The van der Waals surface area contributed by atoms with E-state index in [1.54, 1.807) is 4.90 Å². The molecule has 0 bridgehead atoms. The highest BCUT2D eigenvalue weighted by atomic mass is 16.3. The molecule has 21 heavy (non-hydrogen) atoms. The maximum absolute atomic E-state index is 12.7. The van der Waals surface area contributed by atoms with Gasteiger partial charge in [-0.2, -0.15) is 0 Å². The number of carbonyl (C=O) groups excluding carboxylic acids is 2. The normalized spacial score (nSPS) is 23.9. The van der Waals surface area contributed by atoms with E-state index in [0.717, 1.165) is 12.8 Å². The SMILES string of the molecule is CC(C)N(CCO)C(=O)C1CCC(=O)N(C2CCCC2)C1. The fraction of sp³-hybridized carbons (Fsp3) is 0.875. The number of rotatable bonds is 5.